The highest BCUT2D eigenvalue weighted by Gasteiger charge is 2.29. The zero-order valence-electron chi connectivity index (χ0n) is 9.32. The second-order valence-corrected chi connectivity index (χ2v) is 3.97. The number of rotatable bonds is 3. The summed E-state index contributed by atoms with van der Waals surface area (Å²) in [6, 6.07) is 0. The predicted molar refractivity (Wildman–Crippen MR) is 54.1 cm³/mol. The molecule has 0 spiro atoms. The van der Waals surface area contributed by atoms with Gasteiger partial charge in [-0.2, -0.15) is 0 Å². The van der Waals surface area contributed by atoms with Gasteiger partial charge < -0.3 is 9.47 Å². The molecule has 0 bridgehead atoms. The van der Waals surface area contributed by atoms with Gasteiger partial charge >= 0.3 is 11.9 Å². The topological polar surface area (TPSA) is 52.6 Å². The van der Waals surface area contributed by atoms with E-state index in [0.717, 1.165) is 25.7 Å². The van der Waals surface area contributed by atoms with E-state index >= 15 is 0 Å². The maximum Gasteiger partial charge on any atom is 0.305 e. The summed E-state index contributed by atoms with van der Waals surface area (Å²) >= 11 is 0. The minimum atomic E-state index is -0.267. The van der Waals surface area contributed by atoms with Crippen molar-refractivity contribution in [2.75, 3.05) is 7.11 Å². The third-order valence-electron chi connectivity index (χ3n) is 2.81. The van der Waals surface area contributed by atoms with Crippen molar-refractivity contribution in [3.8, 4) is 0 Å². The standard InChI is InChI=1S/C11H18O4/c1-8(12)15-10-6-4-3-5-9(10)7-11(13)14-2/h9-10H,3-7H2,1-2H3. The summed E-state index contributed by atoms with van der Waals surface area (Å²) in [5, 5.41) is 0. The Bertz CT molecular complexity index is 237. The highest BCUT2D eigenvalue weighted by atomic mass is 16.5. The van der Waals surface area contributed by atoms with E-state index in [0.29, 0.717) is 6.42 Å². The molecule has 0 amide bonds. The van der Waals surface area contributed by atoms with Gasteiger partial charge in [-0.3, -0.25) is 9.59 Å². The van der Waals surface area contributed by atoms with Crippen LogP contribution < -0.4 is 0 Å². The van der Waals surface area contributed by atoms with Crippen LogP contribution in [0.4, 0.5) is 0 Å². The monoisotopic (exact) mass is 214 g/mol. The van der Waals surface area contributed by atoms with E-state index in [1.54, 1.807) is 0 Å². The van der Waals surface area contributed by atoms with Gasteiger partial charge in [-0.1, -0.05) is 6.42 Å². The third-order valence-corrected chi connectivity index (χ3v) is 2.81. The van der Waals surface area contributed by atoms with Gasteiger partial charge in [0.25, 0.3) is 0 Å². The number of hydrogen-bond donors (Lipinski definition) is 0. The lowest BCUT2D eigenvalue weighted by Gasteiger charge is -2.30. The van der Waals surface area contributed by atoms with E-state index in [-0.39, 0.29) is 24.0 Å². The summed E-state index contributed by atoms with van der Waals surface area (Å²) in [5.41, 5.74) is 0. The third kappa shape index (κ3) is 3.90. The summed E-state index contributed by atoms with van der Waals surface area (Å²) in [4.78, 5) is 22.0. The average Bonchev–Trinajstić information content (AvgIpc) is 2.20. The first-order chi connectivity index (χ1) is 7.13. The zero-order chi connectivity index (χ0) is 11.3. The molecule has 0 heterocycles. The van der Waals surface area contributed by atoms with Crippen LogP contribution >= 0.6 is 0 Å². The van der Waals surface area contributed by atoms with Crippen LogP contribution in [0.2, 0.25) is 0 Å². The second kappa shape index (κ2) is 5.73. The Hall–Kier alpha value is -1.06. The number of carbonyl (C=O) groups excluding carboxylic acids is 2. The average molecular weight is 214 g/mol. The summed E-state index contributed by atoms with van der Waals surface area (Å²) in [6.07, 6.45) is 4.22. The Morgan fingerprint density at radius 3 is 2.53 bits per heavy atom. The number of carbonyl (C=O) groups is 2. The van der Waals surface area contributed by atoms with Gasteiger partial charge in [0.2, 0.25) is 0 Å². The molecule has 0 aromatic rings. The molecule has 0 aromatic heterocycles. The largest absolute Gasteiger partial charge is 0.469 e. The Morgan fingerprint density at radius 2 is 1.93 bits per heavy atom. The fourth-order valence-corrected chi connectivity index (χ4v) is 2.07. The van der Waals surface area contributed by atoms with Crippen LogP contribution in [-0.2, 0) is 19.1 Å². The van der Waals surface area contributed by atoms with Crippen LogP contribution in [0, 0.1) is 5.92 Å². The predicted octanol–water partition coefficient (Wildman–Crippen LogP) is 1.67. The lowest BCUT2D eigenvalue weighted by molar-refractivity contribution is -0.155. The summed E-state index contributed by atoms with van der Waals surface area (Å²) in [5.74, 6) is -0.356. The van der Waals surface area contributed by atoms with Gasteiger partial charge in [-0.25, -0.2) is 0 Å². The number of hydrogen-bond acceptors (Lipinski definition) is 4. The molecule has 0 radical (unpaired) electrons. The van der Waals surface area contributed by atoms with Crippen molar-refractivity contribution in [1.82, 2.24) is 0 Å². The summed E-state index contributed by atoms with van der Waals surface area (Å²) in [7, 11) is 1.38. The van der Waals surface area contributed by atoms with Crippen molar-refractivity contribution < 1.29 is 19.1 Å². The Morgan fingerprint density at radius 1 is 1.27 bits per heavy atom. The lowest BCUT2D eigenvalue weighted by atomic mass is 9.84. The first-order valence-corrected chi connectivity index (χ1v) is 5.37. The molecule has 0 saturated heterocycles. The Labute approximate surface area is 89.9 Å². The van der Waals surface area contributed by atoms with Crippen molar-refractivity contribution in [2.45, 2.75) is 45.1 Å². The second-order valence-electron chi connectivity index (χ2n) is 3.97. The van der Waals surface area contributed by atoms with E-state index < -0.39 is 0 Å². The Kier molecular flexibility index (Phi) is 4.59. The molecule has 4 heteroatoms. The first-order valence-electron chi connectivity index (χ1n) is 5.37. The molecule has 86 valence electrons. The molecule has 1 rings (SSSR count). The Balaban J connectivity index is 2.49. The van der Waals surface area contributed by atoms with Crippen LogP contribution in [0.5, 0.6) is 0 Å². The van der Waals surface area contributed by atoms with E-state index in [1.165, 1.54) is 14.0 Å². The van der Waals surface area contributed by atoms with Crippen LogP contribution in [0.25, 0.3) is 0 Å². The molecule has 0 aliphatic heterocycles. The molecule has 4 nitrogen and oxygen atoms in total. The minimum absolute atomic E-state index is 0.102. The maximum absolute atomic E-state index is 11.1. The summed E-state index contributed by atoms with van der Waals surface area (Å²) < 4.78 is 9.83. The van der Waals surface area contributed by atoms with Crippen molar-refractivity contribution in [1.29, 1.82) is 0 Å². The molecular weight excluding hydrogens is 196 g/mol. The molecule has 1 aliphatic rings. The molecule has 15 heavy (non-hydrogen) atoms. The molecule has 2 unspecified atom stereocenters. The molecular formula is C11H18O4. The molecule has 0 N–H and O–H groups in total. The fourth-order valence-electron chi connectivity index (χ4n) is 2.07. The highest BCUT2D eigenvalue weighted by Crippen LogP contribution is 2.29. The van der Waals surface area contributed by atoms with Crippen LogP contribution in [0.1, 0.15) is 39.0 Å². The highest BCUT2D eigenvalue weighted by molar-refractivity contribution is 5.70. The smallest absolute Gasteiger partial charge is 0.305 e. The van der Waals surface area contributed by atoms with Crippen molar-refractivity contribution in [3.05, 3.63) is 0 Å². The molecule has 1 aliphatic carbocycles. The van der Waals surface area contributed by atoms with Crippen molar-refractivity contribution >= 4 is 11.9 Å². The van der Waals surface area contributed by atoms with Gasteiger partial charge in [0.1, 0.15) is 6.10 Å². The van der Waals surface area contributed by atoms with Crippen molar-refractivity contribution in [2.24, 2.45) is 5.92 Å². The van der Waals surface area contributed by atoms with Gasteiger partial charge in [-0.05, 0) is 19.3 Å². The zero-order valence-corrected chi connectivity index (χ0v) is 9.32. The normalized spacial score (nSPS) is 25.7. The lowest BCUT2D eigenvalue weighted by Crippen LogP contribution is -2.31. The number of esters is 2. The SMILES string of the molecule is COC(=O)CC1CCCCC1OC(C)=O. The van der Waals surface area contributed by atoms with E-state index in [1.807, 2.05) is 0 Å². The van der Waals surface area contributed by atoms with Crippen LogP contribution in [0.3, 0.4) is 0 Å². The molecule has 2 atom stereocenters. The number of methoxy groups -OCH3 is 1. The van der Waals surface area contributed by atoms with Crippen LogP contribution in [-0.4, -0.2) is 25.2 Å². The minimum Gasteiger partial charge on any atom is -0.469 e. The molecule has 0 aromatic carbocycles. The van der Waals surface area contributed by atoms with E-state index in [9.17, 15) is 9.59 Å². The van der Waals surface area contributed by atoms with E-state index in [2.05, 4.69) is 4.74 Å². The quantitative estimate of drug-likeness (QED) is 0.670. The molecule has 1 fully saturated rings. The fraction of sp³-hybridized carbons (Fsp3) is 0.818. The van der Waals surface area contributed by atoms with Gasteiger partial charge in [0.15, 0.2) is 0 Å². The van der Waals surface area contributed by atoms with Gasteiger partial charge in [0, 0.05) is 12.8 Å². The summed E-state index contributed by atoms with van der Waals surface area (Å²) in [6.45, 7) is 1.41. The van der Waals surface area contributed by atoms with Crippen molar-refractivity contribution in [3.63, 3.8) is 0 Å². The maximum atomic E-state index is 11.1. The number of ether oxygens (including phenoxy) is 2. The van der Waals surface area contributed by atoms with Gasteiger partial charge in [-0.15, -0.1) is 0 Å². The van der Waals surface area contributed by atoms with E-state index in [4.69, 9.17) is 4.74 Å². The van der Waals surface area contributed by atoms with Crippen LogP contribution in [0.15, 0.2) is 0 Å². The first kappa shape index (κ1) is 12.0. The molecule has 1 saturated carbocycles. The van der Waals surface area contributed by atoms with Gasteiger partial charge in [0.05, 0.1) is 13.5 Å².